The standard InChI is InChI=1S/C8H8N3O/c9-6-2-1-5-4-10-8(12)11-7(5)3-6/h1-3,9H,4H2,(H2,10,11,12). The molecule has 0 saturated carbocycles. The molecule has 0 atom stereocenters. The van der Waals surface area contributed by atoms with E-state index in [1.165, 1.54) is 0 Å². The summed E-state index contributed by atoms with van der Waals surface area (Å²) in [5.74, 6) is 0. The zero-order valence-electron chi connectivity index (χ0n) is 6.35. The van der Waals surface area contributed by atoms with Crippen LogP contribution in [0.4, 0.5) is 16.2 Å². The number of hydrogen-bond donors (Lipinski definition) is 2. The Bertz CT molecular complexity index is 335. The SMILES string of the molecule is [NH]c1ccc2c(c1)NC(=O)NC2. The molecule has 1 heterocycles. The van der Waals surface area contributed by atoms with E-state index in [-0.39, 0.29) is 6.03 Å². The van der Waals surface area contributed by atoms with Crippen LogP contribution in [0, 0.1) is 0 Å². The van der Waals surface area contributed by atoms with Crippen LogP contribution in [-0.4, -0.2) is 6.03 Å². The largest absolute Gasteiger partial charge is 0.334 e. The molecule has 0 fully saturated rings. The van der Waals surface area contributed by atoms with Crippen LogP contribution in [0.15, 0.2) is 18.2 Å². The second-order valence-electron chi connectivity index (χ2n) is 2.68. The van der Waals surface area contributed by atoms with E-state index in [0.29, 0.717) is 12.2 Å². The lowest BCUT2D eigenvalue weighted by atomic mass is 10.1. The van der Waals surface area contributed by atoms with Crippen molar-refractivity contribution in [3.05, 3.63) is 23.8 Å². The first-order valence-corrected chi connectivity index (χ1v) is 3.65. The van der Waals surface area contributed by atoms with Gasteiger partial charge in [-0.15, -0.1) is 0 Å². The minimum absolute atomic E-state index is 0.201. The lowest BCUT2D eigenvalue weighted by Crippen LogP contribution is -2.33. The van der Waals surface area contributed by atoms with Gasteiger partial charge in [0.2, 0.25) is 0 Å². The smallest absolute Gasteiger partial charge is 0.319 e. The molecule has 0 aromatic heterocycles. The van der Waals surface area contributed by atoms with Crippen LogP contribution in [-0.2, 0) is 6.54 Å². The number of amides is 2. The maximum absolute atomic E-state index is 10.9. The van der Waals surface area contributed by atoms with Gasteiger partial charge in [-0.1, -0.05) is 6.07 Å². The summed E-state index contributed by atoms with van der Waals surface area (Å²) < 4.78 is 0. The third-order valence-electron chi connectivity index (χ3n) is 1.80. The number of urea groups is 1. The van der Waals surface area contributed by atoms with Crippen LogP contribution >= 0.6 is 0 Å². The van der Waals surface area contributed by atoms with Crippen LogP contribution in [0.1, 0.15) is 5.56 Å². The zero-order valence-corrected chi connectivity index (χ0v) is 6.35. The van der Waals surface area contributed by atoms with Crippen molar-refractivity contribution in [3.8, 4) is 0 Å². The van der Waals surface area contributed by atoms with E-state index in [1.807, 2.05) is 6.07 Å². The molecule has 0 bridgehead atoms. The van der Waals surface area contributed by atoms with Crippen molar-refractivity contribution in [3.63, 3.8) is 0 Å². The Morgan fingerprint density at radius 2 is 2.25 bits per heavy atom. The molecule has 1 aromatic rings. The predicted octanol–water partition coefficient (Wildman–Crippen LogP) is 1.24. The summed E-state index contributed by atoms with van der Waals surface area (Å²) in [5, 5.41) is 5.28. The second kappa shape index (κ2) is 2.41. The van der Waals surface area contributed by atoms with Gasteiger partial charge in [0.05, 0.1) is 5.69 Å². The molecule has 0 aliphatic carbocycles. The van der Waals surface area contributed by atoms with Gasteiger partial charge in [0.15, 0.2) is 0 Å². The molecular weight excluding hydrogens is 154 g/mol. The van der Waals surface area contributed by atoms with E-state index in [2.05, 4.69) is 10.6 Å². The van der Waals surface area contributed by atoms with Crippen molar-refractivity contribution in [2.45, 2.75) is 6.54 Å². The zero-order chi connectivity index (χ0) is 8.55. The first-order valence-electron chi connectivity index (χ1n) is 3.65. The van der Waals surface area contributed by atoms with Crippen LogP contribution in [0.5, 0.6) is 0 Å². The van der Waals surface area contributed by atoms with Gasteiger partial charge in [-0.25, -0.2) is 4.79 Å². The number of anilines is 1. The molecule has 4 heteroatoms. The molecule has 4 nitrogen and oxygen atoms in total. The van der Waals surface area contributed by atoms with Gasteiger partial charge in [-0.2, -0.15) is 0 Å². The molecular formula is C8H8N3O. The third kappa shape index (κ3) is 1.07. The van der Waals surface area contributed by atoms with Crippen LogP contribution in [0.3, 0.4) is 0 Å². The lowest BCUT2D eigenvalue weighted by Gasteiger charge is -2.17. The maximum atomic E-state index is 10.9. The van der Waals surface area contributed by atoms with Gasteiger partial charge in [0.1, 0.15) is 0 Å². The molecule has 1 aromatic carbocycles. The average Bonchev–Trinajstić information content (AvgIpc) is 2.03. The van der Waals surface area contributed by atoms with E-state index in [4.69, 9.17) is 5.73 Å². The van der Waals surface area contributed by atoms with Gasteiger partial charge < -0.3 is 16.4 Å². The number of nitrogens with one attached hydrogen (secondary N) is 3. The Morgan fingerprint density at radius 1 is 1.42 bits per heavy atom. The molecule has 61 valence electrons. The van der Waals surface area contributed by atoms with Crippen molar-refractivity contribution >= 4 is 17.4 Å². The summed E-state index contributed by atoms with van der Waals surface area (Å²) in [6.45, 7) is 0.543. The van der Waals surface area contributed by atoms with E-state index >= 15 is 0 Å². The Labute approximate surface area is 69.8 Å². The minimum atomic E-state index is -0.201. The van der Waals surface area contributed by atoms with Gasteiger partial charge in [-0.3, -0.25) is 0 Å². The fourth-order valence-electron chi connectivity index (χ4n) is 1.19. The molecule has 1 radical (unpaired) electrons. The fourth-order valence-corrected chi connectivity index (χ4v) is 1.19. The van der Waals surface area contributed by atoms with Crippen molar-refractivity contribution < 1.29 is 4.79 Å². The average molecular weight is 162 g/mol. The summed E-state index contributed by atoms with van der Waals surface area (Å²) in [7, 11) is 0. The van der Waals surface area contributed by atoms with Gasteiger partial charge in [0.25, 0.3) is 0 Å². The summed E-state index contributed by atoms with van der Waals surface area (Å²) in [6, 6.07) is 4.99. The van der Waals surface area contributed by atoms with E-state index in [0.717, 1.165) is 11.3 Å². The van der Waals surface area contributed by atoms with Crippen molar-refractivity contribution in [1.82, 2.24) is 11.1 Å². The summed E-state index contributed by atoms with van der Waals surface area (Å²) in [5.41, 5.74) is 9.50. The van der Waals surface area contributed by atoms with E-state index in [9.17, 15) is 4.79 Å². The van der Waals surface area contributed by atoms with Crippen molar-refractivity contribution in [2.24, 2.45) is 0 Å². The molecule has 3 N–H and O–H groups in total. The number of benzene rings is 1. The Hall–Kier alpha value is -1.71. The van der Waals surface area contributed by atoms with Gasteiger partial charge in [-0.05, 0) is 17.7 Å². The first kappa shape index (κ1) is 6.97. The number of carbonyl (C=O) groups is 1. The topological polar surface area (TPSA) is 64.9 Å². The highest BCUT2D eigenvalue weighted by Gasteiger charge is 2.12. The summed E-state index contributed by atoms with van der Waals surface area (Å²) in [6.07, 6.45) is 0. The molecule has 0 unspecified atom stereocenters. The fraction of sp³-hybridized carbons (Fsp3) is 0.125. The lowest BCUT2D eigenvalue weighted by molar-refractivity contribution is 0.251. The third-order valence-corrected chi connectivity index (χ3v) is 1.80. The molecule has 12 heavy (non-hydrogen) atoms. The highest BCUT2D eigenvalue weighted by Crippen LogP contribution is 2.21. The molecule has 2 amide bonds. The maximum Gasteiger partial charge on any atom is 0.319 e. The first-order chi connectivity index (χ1) is 5.75. The van der Waals surface area contributed by atoms with Crippen LogP contribution in [0.25, 0.3) is 0 Å². The normalized spacial score (nSPS) is 14.5. The van der Waals surface area contributed by atoms with E-state index < -0.39 is 0 Å². The number of rotatable bonds is 0. The van der Waals surface area contributed by atoms with Crippen LogP contribution in [0.2, 0.25) is 0 Å². The Morgan fingerprint density at radius 3 is 3.08 bits per heavy atom. The van der Waals surface area contributed by atoms with Gasteiger partial charge in [0, 0.05) is 12.2 Å². The van der Waals surface area contributed by atoms with Gasteiger partial charge >= 0.3 is 6.03 Å². The highest BCUT2D eigenvalue weighted by atomic mass is 16.2. The number of fused-ring (bicyclic) bond motifs is 1. The molecule has 2 rings (SSSR count). The molecule has 1 aliphatic heterocycles. The van der Waals surface area contributed by atoms with Crippen LogP contribution < -0.4 is 16.4 Å². The molecule has 0 spiro atoms. The second-order valence-corrected chi connectivity index (χ2v) is 2.68. The Balaban J connectivity index is 2.44. The van der Waals surface area contributed by atoms with Crippen molar-refractivity contribution in [2.75, 3.05) is 5.32 Å². The Kier molecular flexibility index (Phi) is 1.40. The summed E-state index contributed by atoms with van der Waals surface area (Å²) >= 11 is 0. The van der Waals surface area contributed by atoms with E-state index in [1.54, 1.807) is 12.1 Å². The highest BCUT2D eigenvalue weighted by molar-refractivity contribution is 5.92. The number of carbonyl (C=O) groups excluding carboxylic acids is 1. The minimum Gasteiger partial charge on any atom is -0.334 e. The molecule has 0 saturated heterocycles. The quantitative estimate of drug-likeness (QED) is 0.592. The predicted molar refractivity (Wildman–Crippen MR) is 45.1 cm³/mol. The number of hydrogen-bond acceptors (Lipinski definition) is 1. The molecule has 1 aliphatic rings. The monoisotopic (exact) mass is 162 g/mol. The summed E-state index contributed by atoms with van der Waals surface area (Å²) in [4.78, 5) is 10.9. The van der Waals surface area contributed by atoms with Crippen molar-refractivity contribution in [1.29, 1.82) is 0 Å².